The Kier molecular flexibility index (Phi) is 5.59. The Morgan fingerprint density at radius 2 is 2.04 bits per heavy atom. The third-order valence-corrected chi connectivity index (χ3v) is 5.05. The van der Waals surface area contributed by atoms with E-state index in [1.54, 1.807) is 6.20 Å². The van der Waals surface area contributed by atoms with Crippen molar-refractivity contribution >= 4 is 11.7 Å². The number of anilines is 1. The number of hydrogen-bond donors (Lipinski definition) is 0. The Morgan fingerprint density at radius 3 is 2.72 bits per heavy atom. The number of carbonyl (C=O) groups is 1. The second kappa shape index (κ2) is 7.70. The maximum atomic E-state index is 13.0. The van der Waals surface area contributed by atoms with Crippen molar-refractivity contribution in [2.24, 2.45) is 0 Å². The van der Waals surface area contributed by atoms with Crippen LogP contribution in [-0.4, -0.2) is 79.2 Å². The highest BCUT2D eigenvalue weighted by Gasteiger charge is 2.33. The smallest absolute Gasteiger partial charge is 0.254 e. The molecule has 6 nitrogen and oxygen atoms in total. The third-order valence-electron chi connectivity index (χ3n) is 5.05. The van der Waals surface area contributed by atoms with E-state index in [-0.39, 0.29) is 18.1 Å². The van der Waals surface area contributed by atoms with Crippen LogP contribution in [-0.2, 0) is 4.74 Å². The van der Waals surface area contributed by atoms with E-state index in [4.69, 9.17) is 4.74 Å². The Morgan fingerprint density at radius 1 is 1.32 bits per heavy atom. The number of hydrogen-bond acceptors (Lipinski definition) is 5. The van der Waals surface area contributed by atoms with Crippen LogP contribution in [0.25, 0.3) is 0 Å². The number of aromatic nitrogens is 1. The molecule has 3 unspecified atom stereocenters. The zero-order valence-corrected chi connectivity index (χ0v) is 15.8. The SMILES string of the molecule is CC1CN(CC2CCCN2C(=O)c2ccnc(N(C)C)c2)CC(C)O1. The molecule has 138 valence electrons. The monoisotopic (exact) mass is 346 g/mol. The molecule has 3 rings (SSSR count). The second-order valence-corrected chi connectivity index (χ2v) is 7.57. The van der Waals surface area contributed by atoms with E-state index in [9.17, 15) is 4.79 Å². The third kappa shape index (κ3) is 4.30. The fourth-order valence-electron chi connectivity index (χ4n) is 3.99. The molecular weight excluding hydrogens is 316 g/mol. The molecule has 0 saturated carbocycles. The molecule has 2 fully saturated rings. The predicted molar refractivity (Wildman–Crippen MR) is 99.1 cm³/mol. The van der Waals surface area contributed by atoms with Crippen molar-refractivity contribution < 1.29 is 9.53 Å². The van der Waals surface area contributed by atoms with Gasteiger partial charge in [0.25, 0.3) is 5.91 Å². The van der Waals surface area contributed by atoms with Crippen LogP contribution in [0, 0.1) is 0 Å². The molecule has 2 aliphatic heterocycles. The molecule has 6 heteroatoms. The second-order valence-electron chi connectivity index (χ2n) is 7.57. The summed E-state index contributed by atoms with van der Waals surface area (Å²) in [6, 6.07) is 4.00. The van der Waals surface area contributed by atoms with Gasteiger partial charge in [0.1, 0.15) is 5.82 Å². The lowest BCUT2D eigenvalue weighted by atomic mass is 10.1. The lowest BCUT2D eigenvalue weighted by molar-refractivity contribution is -0.0715. The van der Waals surface area contributed by atoms with Gasteiger partial charge in [0.05, 0.1) is 12.2 Å². The van der Waals surface area contributed by atoms with Crippen molar-refractivity contribution in [1.82, 2.24) is 14.8 Å². The quantitative estimate of drug-likeness (QED) is 0.833. The van der Waals surface area contributed by atoms with Gasteiger partial charge in [-0.25, -0.2) is 4.98 Å². The molecule has 0 radical (unpaired) electrons. The molecule has 1 aromatic rings. The summed E-state index contributed by atoms with van der Waals surface area (Å²) in [6.45, 7) is 7.93. The number of ether oxygens (including phenoxy) is 1. The lowest BCUT2D eigenvalue weighted by Gasteiger charge is -2.38. The van der Waals surface area contributed by atoms with Gasteiger partial charge < -0.3 is 14.5 Å². The molecule has 0 aromatic carbocycles. The summed E-state index contributed by atoms with van der Waals surface area (Å²) in [5.41, 5.74) is 0.731. The van der Waals surface area contributed by atoms with E-state index in [0.717, 1.165) is 50.4 Å². The molecule has 2 aliphatic rings. The minimum Gasteiger partial charge on any atom is -0.373 e. The van der Waals surface area contributed by atoms with E-state index in [0.29, 0.717) is 6.04 Å². The maximum absolute atomic E-state index is 13.0. The van der Waals surface area contributed by atoms with Crippen molar-refractivity contribution in [2.75, 3.05) is 45.2 Å². The molecule has 2 saturated heterocycles. The molecule has 1 aromatic heterocycles. The molecule has 1 amide bonds. The molecule has 0 aliphatic carbocycles. The van der Waals surface area contributed by atoms with E-state index < -0.39 is 0 Å². The molecule has 3 heterocycles. The van der Waals surface area contributed by atoms with Gasteiger partial charge >= 0.3 is 0 Å². The molecule has 25 heavy (non-hydrogen) atoms. The normalized spacial score (nSPS) is 27.5. The number of morpholine rings is 1. The minimum atomic E-state index is 0.127. The van der Waals surface area contributed by atoms with Gasteiger partial charge in [0, 0.05) is 58.1 Å². The van der Waals surface area contributed by atoms with Crippen LogP contribution in [0.4, 0.5) is 5.82 Å². The van der Waals surface area contributed by atoms with E-state index in [2.05, 4.69) is 28.6 Å². The number of carbonyl (C=O) groups excluding carboxylic acids is 1. The summed E-state index contributed by atoms with van der Waals surface area (Å²) in [5.74, 6) is 0.944. The summed E-state index contributed by atoms with van der Waals surface area (Å²) < 4.78 is 5.83. The van der Waals surface area contributed by atoms with Crippen LogP contribution >= 0.6 is 0 Å². The average Bonchev–Trinajstić information content (AvgIpc) is 3.01. The first-order valence-corrected chi connectivity index (χ1v) is 9.26. The van der Waals surface area contributed by atoms with Gasteiger partial charge in [-0.1, -0.05) is 0 Å². The zero-order valence-electron chi connectivity index (χ0n) is 15.8. The minimum absolute atomic E-state index is 0.127. The predicted octanol–water partition coefficient (Wildman–Crippen LogP) is 1.86. The number of pyridine rings is 1. The van der Waals surface area contributed by atoms with E-state index >= 15 is 0 Å². The Balaban J connectivity index is 1.68. The first kappa shape index (κ1) is 18.1. The summed E-state index contributed by atoms with van der Waals surface area (Å²) >= 11 is 0. The number of nitrogens with zero attached hydrogens (tertiary/aromatic N) is 4. The van der Waals surface area contributed by atoms with E-state index in [1.807, 2.05) is 31.1 Å². The number of amides is 1. The lowest BCUT2D eigenvalue weighted by Crippen LogP contribution is -2.50. The summed E-state index contributed by atoms with van der Waals surface area (Å²) in [4.78, 5) is 23.8. The van der Waals surface area contributed by atoms with Crippen LogP contribution in [0.5, 0.6) is 0 Å². The highest BCUT2D eigenvalue weighted by molar-refractivity contribution is 5.95. The highest BCUT2D eigenvalue weighted by atomic mass is 16.5. The number of rotatable bonds is 4. The number of likely N-dealkylation sites (tertiary alicyclic amines) is 1. The molecule has 0 bridgehead atoms. The van der Waals surface area contributed by atoms with Crippen LogP contribution in [0.3, 0.4) is 0 Å². The topological polar surface area (TPSA) is 48.9 Å². The van der Waals surface area contributed by atoms with Crippen LogP contribution < -0.4 is 4.90 Å². The van der Waals surface area contributed by atoms with Crippen LogP contribution in [0.15, 0.2) is 18.3 Å². The molecule has 0 spiro atoms. The van der Waals surface area contributed by atoms with Gasteiger partial charge in [-0.15, -0.1) is 0 Å². The van der Waals surface area contributed by atoms with Crippen molar-refractivity contribution in [2.45, 2.75) is 44.9 Å². The van der Waals surface area contributed by atoms with Gasteiger partial charge in [0.15, 0.2) is 0 Å². The average molecular weight is 346 g/mol. The summed E-state index contributed by atoms with van der Waals surface area (Å²) in [7, 11) is 3.88. The highest BCUT2D eigenvalue weighted by Crippen LogP contribution is 2.23. The van der Waals surface area contributed by atoms with Crippen LogP contribution in [0.1, 0.15) is 37.0 Å². The van der Waals surface area contributed by atoms with Gasteiger partial charge in [-0.2, -0.15) is 0 Å². The standard InChI is InChI=1S/C19H30N4O2/c1-14-11-22(12-15(2)25-14)13-17-6-5-9-23(17)19(24)16-7-8-20-18(10-16)21(3)4/h7-8,10,14-15,17H,5-6,9,11-13H2,1-4H3. The maximum Gasteiger partial charge on any atom is 0.254 e. The molecular formula is C19H30N4O2. The van der Waals surface area contributed by atoms with Gasteiger partial charge in [0.2, 0.25) is 0 Å². The fraction of sp³-hybridized carbons (Fsp3) is 0.684. The largest absolute Gasteiger partial charge is 0.373 e. The Labute approximate surface area is 150 Å². The Bertz CT molecular complexity index is 597. The van der Waals surface area contributed by atoms with Crippen molar-refractivity contribution in [3.63, 3.8) is 0 Å². The van der Waals surface area contributed by atoms with Gasteiger partial charge in [-0.05, 0) is 38.8 Å². The van der Waals surface area contributed by atoms with Crippen molar-refractivity contribution in [3.8, 4) is 0 Å². The van der Waals surface area contributed by atoms with E-state index in [1.165, 1.54) is 0 Å². The molecule has 0 N–H and O–H groups in total. The van der Waals surface area contributed by atoms with Crippen molar-refractivity contribution in [3.05, 3.63) is 23.9 Å². The van der Waals surface area contributed by atoms with Crippen LogP contribution in [0.2, 0.25) is 0 Å². The zero-order chi connectivity index (χ0) is 18.0. The summed E-state index contributed by atoms with van der Waals surface area (Å²) in [5, 5.41) is 0. The van der Waals surface area contributed by atoms with Crippen molar-refractivity contribution in [1.29, 1.82) is 0 Å². The van der Waals surface area contributed by atoms with Gasteiger partial charge in [-0.3, -0.25) is 9.69 Å². The Hall–Kier alpha value is -1.66. The fourth-order valence-corrected chi connectivity index (χ4v) is 3.99. The summed E-state index contributed by atoms with van der Waals surface area (Å²) in [6.07, 6.45) is 4.41. The molecule has 3 atom stereocenters. The first-order chi connectivity index (χ1) is 11.9. The first-order valence-electron chi connectivity index (χ1n) is 9.26.